The van der Waals surface area contributed by atoms with E-state index in [1.807, 2.05) is 78.5 Å². The van der Waals surface area contributed by atoms with Crippen molar-refractivity contribution in [1.82, 2.24) is 14.7 Å². The Bertz CT molecular complexity index is 1140. The quantitative estimate of drug-likeness (QED) is 0.306. The maximum absolute atomic E-state index is 12.9. The summed E-state index contributed by atoms with van der Waals surface area (Å²) in [6.45, 7) is 5.45. The number of carbonyl (C=O) groups excluding carboxylic acids is 1. The lowest BCUT2D eigenvalue weighted by molar-refractivity contribution is -0.122. The van der Waals surface area contributed by atoms with Crippen LogP contribution in [0.3, 0.4) is 0 Å². The van der Waals surface area contributed by atoms with Crippen molar-refractivity contribution in [2.24, 2.45) is 0 Å². The van der Waals surface area contributed by atoms with Gasteiger partial charge in [-0.1, -0.05) is 56.0 Å². The molecule has 32 heavy (non-hydrogen) atoms. The van der Waals surface area contributed by atoms with Crippen molar-refractivity contribution in [3.8, 4) is 22.7 Å². The number of hydrogen-bond acceptors (Lipinski definition) is 5. The Balaban J connectivity index is 1.73. The molecule has 0 atom stereocenters. The van der Waals surface area contributed by atoms with Gasteiger partial charge in [-0.25, -0.2) is 4.68 Å². The number of thiocarbonyl (C=S) groups is 1. The highest BCUT2D eigenvalue weighted by atomic mass is 32.2. The lowest BCUT2D eigenvalue weighted by atomic mass is 10.1. The molecule has 0 spiro atoms. The second kappa shape index (κ2) is 10.1. The number of amides is 1. The molecule has 4 rings (SSSR count). The molecular formula is C25H25N3O2S2. The molecule has 1 aliphatic rings. The second-order valence-corrected chi connectivity index (χ2v) is 9.10. The summed E-state index contributed by atoms with van der Waals surface area (Å²) in [6.07, 6.45) is 5.68. The summed E-state index contributed by atoms with van der Waals surface area (Å²) in [5.74, 6) is 0.795. The zero-order chi connectivity index (χ0) is 22.5. The predicted molar refractivity (Wildman–Crippen MR) is 135 cm³/mol. The first-order valence-corrected chi connectivity index (χ1v) is 12.0. The van der Waals surface area contributed by atoms with Crippen LogP contribution in [0, 0.1) is 0 Å². The van der Waals surface area contributed by atoms with Gasteiger partial charge in [-0.3, -0.25) is 9.69 Å². The van der Waals surface area contributed by atoms with Crippen LogP contribution >= 0.6 is 24.0 Å². The highest BCUT2D eigenvalue weighted by molar-refractivity contribution is 8.26. The Morgan fingerprint density at radius 3 is 2.50 bits per heavy atom. The number of nitrogens with zero attached hydrogens (tertiary/aromatic N) is 3. The molecule has 2 aromatic carbocycles. The minimum Gasteiger partial charge on any atom is -0.494 e. The molecule has 0 bridgehead atoms. The summed E-state index contributed by atoms with van der Waals surface area (Å²) < 4.78 is 8.17. The van der Waals surface area contributed by atoms with Gasteiger partial charge in [0.2, 0.25) is 0 Å². The fourth-order valence-electron chi connectivity index (χ4n) is 3.42. The van der Waals surface area contributed by atoms with Crippen LogP contribution in [-0.2, 0) is 4.79 Å². The third-order valence-corrected chi connectivity index (χ3v) is 6.35. The molecule has 0 N–H and O–H groups in total. The highest BCUT2D eigenvalue weighted by Gasteiger charge is 2.31. The van der Waals surface area contributed by atoms with Gasteiger partial charge in [0.1, 0.15) is 10.1 Å². The lowest BCUT2D eigenvalue weighted by Gasteiger charge is -2.11. The third kappa shape index (κ3) is 4.79. The van der Waals surface area contributed by atoms with Crippen LogP contribution in [-0.4, -0.2) is 38.1 Å². The van der Waals surface area contributed by atoms with E-state index < -0.39 is 0 Å². The normalized spacial score (nSPS) is 15.1. The molecule has 0 aliphatic carbocycles. The first kappa shape index (κ1) is 22.3. The summed E-state index contributed by atoms with van der Waals surface area (Å²) in [5.41, 5.74) is 3.58. The van der Waals surface area contributed by atoms with E-state index in [9.17, 15) is 4.79 Å². The van der Waals surface area contributed by atoms with Gasteiger partial charge in [-0.05, 0) is 55.3 Å². The number of ether oxygens (including phenoxy) is 1. The molecule has 0 unspecified atom stereocenters. The molecule has 1 aromatic heterocycles. The van der Waals surface area contributed by atoms with E-state index in [0.717, 1.165) is 41.1 Å². The fourth-order valence-corrected chi connectivity index (χ4v) is 4.72. The smallest absolute Gasteiger partial charge is 0.266 e. The van der Waals surface area contributed by atoms with E-state index in [4.69, 9.17) is 22.1 Å². The number of carbonyl (C=O) groups is 1. The number of rotatable bonds is 8. The van der Waals surface area contributed by atoms with E-state index in [1.165, 1.54) is 11.8 Å². The molecule has 0 radical (unpaired) electrons. The molecule has 3 aromatic rings. The van der Waals surface area contributed by atoms with Crippen LogP contribution in [0.25, 0.3) is 23.0 Å². The van der Waals surface area contributed by atoms with Gasteiger partial charge in [-0.2, -0.15) is 5.10 Å². The standard InChI is InChI=1S/C25H25N3O2S2/c1-3-14-27-24(29)22(32-25(27)31)16-19-17-28(20-8-6-5-7-9-20)26-23(19)18-10-12-21(13-11-18)30-15-4-2/h5-13,16-17H,3-4,14-15H2,1-2H3/b22-16+. The number of hydrogen-bond donors (Lipinski definition) is 0. The third-order valence-electron chi connectivity index (χ3n) is 4.97. The van der Waals surface area contributed by atoms with E-state index >= 15 is 0 Å². The molecule has 164 valence electrons. The second-order valence-electron chi connectivity index (χ2n) is 7.42. The summed E-state index contributed by atoms with van der Waals surface area (Å²) in [5, 5.41) is 4.85. The maximum Gasteiger partial charge on any atom is 0.266 e. The van der Waals surface area contributed by atoms with Gasteiger partial charge in [-0.15, -0.1) is 0 Å². The maximum atomic E-state index is 12.9. The minimum atomic E-state index is -0.0384. The van der Waals surface area contributed by atoms with Gasteiger partial charge in [0.25, 0.3) is 5.91 Å². The van der Waals surface area contributed by atoms with Gasteiger partial charge in [0, 0.05) is 23.9 Å². The molecule has 0 saturated carbocycles. The fraction of sp³-hybridized carbons (Fsp3) is 0.240. The van der Waals surface area contributed by atoms with Crippen LogP contribution in [0.4, 0.5) is 0 Å². The Kier molecular flexibility index (Phi) is 7.07. The van der Waals surface area contributed by atoms with E-state index in [-0.39, 0.29) is 5.91 Å². The highest BCUT2D eigenvalue weighted by Crippen LogP contribution is 2.35. The topological polar surface area (TPSA) is 47.4 Å². The molecule has 1 amide bonds. The van der Waals surface area contributed by atoms with E-state index in [0.29, 0.717) is 22.4 Å². The van der Waals surface area contributed by atoms with Crippen molar-refractivity contribution in [2.45, 2.75) is 26.7 Å². The first-order chi connectivity index (χ1) is 15.6. The van der Waals surface area contributed by atoms with Gasteiger partial charge < -0.3 is 4.74 Å². The van der Waals surface area contributed by atoms with Crippen LogP contribution in [0.2, 0.25) is 0 Å². The number of para-hydroxylation sites is 1. The average molecular weight is 464 g/mol. The van der Waals surface area contributed by atoms with Gasteiger partial charge >= 0.3 is 0 Å². The van der Waals surface area contributed by atoms with Crippen molar-refractivity contribution in [1.29, 1.82) is 0 Å². The average Bonchev–Trinajstić information content (AvgIpc) is 3.35. The summed E-state index contributed by atoms with van der Waals surface area (Å²) >= 11 is 6.77. The number of benzene rings is 2. The number of aromatic nitrogens is 2. The zero-order valence-electron chi connectivity index (χ0n) is 18.2. The van der Waals surface area contributed by atoms with Crippen molar-refractivity contribution in [2.75, 3.05) is 13.2 Å². The molecule has 1 fully saturated rings. The Morgan fingerprint density at radius 1 is 1.06 bits per heavy atom. The van der Waals surface area contributed by atoms with Crippen molar-refractivity contribution < 1.29 is 9.53 Å². The Morgan fingerprint density at radius 2 is 1.81 bits per heavy atom. The van der Waals surface area contributed by atoms with Crippen LogP contribution in [0.1, 0.15) is 32.3 Å². The minimum absolute atomic E-state index is 0.0384. The molecular weight excluding hydrogens is 438 g/mol. The Hall–Kier alpha value is -2.90. The van der Waals surface area contributed by atoms with Crippen LogP contribution in [0.15, 0.2) is 65.7 Å². The Labute approximate surface area is 198 Å². The van der Waals surface area contributed by atoms with E-state index in [1.54, 1.807) is 4.90 Å². The summed E-state index contributed by atoms with van der Waals surface area (Å²) in [4.78, 5) is 15.2. The van der Waals surface area contributed by atoms with Crippen molar-refractivity contribution in [3.05, 3.63) is 71.3 Å². The molecule has 1 saturated heterocycles. The molecule has 7 heteroatoms. The summed E-state index contributed by atoms with van der Waals surface area (Å²) in [7, 11) is 0. The SMILES string of the molecule is CCCOc1ccc(-c2nn(-c3ccccc3)cc2/C=C2/SC(=S)N(CCC)C2=O)cc1. The van der Waals surface area contributed by atoms with Crippen molar-refractivity contribution >= 4 is 40.3 Å². The largest absolute Gasteiger partial charge is 0.494 e. The lowest BCUT2D eigenvalue weighted by Crippen LogP contribution is -2.28. The summed E-state index contributed by atoms with van der Waals surface area (Å²) in [6, 6.07) is 17.9. The van der Waals surface area contributed by atoms with Crippen LogP contribution in [0.5, 0.6) is 5.75 Å². The van der Waals surface area contributed by atoms with Crippen molar-refractivity contribution in [3.63, 3.8) is 0 Å². The monoisotopic (exact) mass is 463 g/mol. The van der Waals surface area contributed by atoms with Crippen LogP contribution < -0.4 is 4.74 Å². The number of thioether (sulfide) groups is 1. The first-order valence-electron chi connectivity index (χ1n) is 10.7. The van der Waals surface area contributed by atoms with Gasteiger partial charge in [0.05, 0.1) is 22.9 Å². The molecule has 5 nitrogen and oxygen atoms in total. The van der Waals surface area contributed by atoms with E-state index in [2.05, 4.69) is 6.92 Å². The zero-order valence-corrected chi connectivity index (χ0v) is 19.8. The predicted octanol–water partition coefficient (Wildman–Crippen LogP) is 5.94. The molecule has 1 aliphatic heterocycles. The van der Waals surface area contributed by atoms with Gasteiger partial charge in [0.15, 0.2) is 0 Å². The molecule has 2 heterocycles.